The summed E-state index contributed by atoms with van der Waals surface area (Å²) in [5, 5.41) is 6.96. The zero-order valence-corrected chi connectivity index (χ0v) is 17.7. The van der Waals surface area contributed by atoms with Crippen molar-refractivity contribution in [1.29, 1.82) is 0 Å². The summed E-state index contributed by atoms with van der Waals surface area (Å²) in [6.45, 7) is 2.39. The summed E-state index contributed by atoms with van der Waals surface area (Å²) < 4.78 is 0. The van der Waals surface area contributed by atoms with Gasteiger partial charge in [0.2, 0.25) is 0 Å². The van der Waals surface area contributed by atoms with E-state index in [9.17, 15) is 14.4 Å². The summed E-state index contributed by atoms with van der Waals surface area (Å²) in [6.07, 6.45) is 8.43. The number of nitrogens with one attached hydrogen (secondary N) is 2. The number of amides is 4. The van der Waals surface area contributed by atoms with E-state index in [-0.39, 0.29) is 11.9 Å². The van der Waals surface area contributed by atoms with Gasteiger partial charge in [-0.15, -0.1) is 11.3 Å². The van der Waals surface area contributed by atoms with E-state index in [4.69, 9.17) is 0 Å². The molecule has 2 aromatic rings. The predicted molar refractivity (Wildman–Crippen MR) is 117 cm³/mol. The molecule has 0 aliphatic carbocycles. The molecule has 2 aliphatic rings. The monoisotopic (exact) mass is 423 g/mol. The largest absolute Gasteiger partial charge is 0.332 e. The van der Waals surface area contributed by atoms with Gasteiger partial charge in [0.05, 0.1) is 6.04 Å². The predicted octanol–water partition coefficient (Wildman–Crippen LogP) is 3.90. The normalized spacial score (nSPS) is 24.6. The van der Waals surface area contributed by atoms with Crippen LogP contribution in [0.5, 0.6) is 0 Å². The van der Waals surface area contributed by atoms with Crippen LogP contribution in [-0.2, 0) is 10.3 Å². The molecule has 0 spiro atoms. The number of hydrogen-bond donors (Lipinski definition) is 2. The number of carbonyl (C=O) groups is 3. The molecule has 6 nitrogen and oxygen atoms in total. The maximum absolute atomic E-state index is 13.3. The van der Waals surface area contributed by atoms with Gasteiger partial charge >= 0.3 is 6.03 Å². The Labute approximate surface area is 180 Å². The first-order valence-electron chi connectivity index (χ1n) is 10.2. The maximum atomic E-state index is 13.3. The minimum Gasteiger partial charge on any atom is -0.332 e. The molecule has 4 amide bonds. The molecule has 2 aliphatic heterocycles. The van der Waals surface area contributed by atoms with Gasteiger partial charge in [0, 0.05) is 17.0 Å². The number of carbonyl (C=O) groups excluding carboxylic acids is 3. The Kier molecular flexibility index (Phi) is 5.72. The van der Waals surface area contributed by atoms with Gasteiger partial charge in [-0.05, 0) is 55.0 Å². The van der Waals surface area contributed by atoms with Crippen molar-refractivity contribution in [1.82, 2.24) is 15.5 Å². The highest BCUT2D eigenvalue weighted by Gasteiger charge is 2.43. The van der Waals surface area contributed by atoms with Crippen molar-refractivity contribution in [3.05, 3.63) is 63.9 Å². The first-order valence-corrected chi connectivity index (χ1v) is 11.1. The van der Waals surface area contributed by atoms with Crippen molar-refractivity contribution >= 4 is 35.3 Å². The molecule has 2 fully saturated rings. The molecule has 2 N–H and O–H groups in total. The van der Waals surface area contributed by atoms with E-state index < -0.39 is 17.5 Å². The van der Waals surface area contributed by atoms with E-state index >= 15 is 0 Å². The number of benzene rings is 1. The molecule has 4 rings (SSSR count). The molecule has 2 saturated heterocycles. The highest BCUT2D eigenvalue weighted by molar-refractivity contribution is 7.10. The van der Waals surface area contributed by atoms with Gasteiger partial charge in [-0.1, -0.05) is 37.1 Å². The molecule has 0 radical (unpaired) electrons. The van der Waals surface area contributed by atoms with Crippen molar-refractivity contribution in [2.45, 2.75) is 44.2 Å². The third-order valence-corrected chi connectivity index (χ3v) is 6.68. The second-order valence-corrected chi connectivity index (χ2v) is 8.88. The fourth-order valence-electron chi connectivity index (χ4n) is 4.04. The van der Waals surface area contributed by atoms with Crippen LogP contribution in [0, 0.1) is 0 Å². The van der Waals surface area contributed by atoms with E-state index in [1.807, 2.05) is 16.3 Å². The van der Waals surface area contributed by atoms with Gasteiger partial charge in [-0.2, -0.15) is 0 Å². The van der Waals surface area contributed by atoms with Gasteiger partial charge in [0.1, 0.15) is 5.54 Å². The molecular weight excluding hydrogens is 398 g/mol. The molecule has 2 unspecified atom stereocenters. The van der Waals surface area contributed by atoms with E-state index in [1.54, 1.807) is 42.5 Å². The summed E-state index contributed by atoms with van der Waals surface area (Å²) in [7, 11) is 0. The molecule has 1 aromatic heterocycles. The standard InChI is InChI=1S/C23H25N3O3S/c1-23(21(28)24-22(29)25-23)17-10-8-16(9-11-17)20(27)26-14-4-2-3-6-18(26)12-13-19-7-5-15-30-19/h5,7-13,15,18H,2-4,6,14H2,1H3,(H2,24,25,28,29)/b13-12+. The summed E-state index contributed by atoms with van der Waals surface area (Å²) >= 11 is 1.68. The summed E-state index contributed by atoms with van der Waals surface area (Å²) in [5.41, 5.74) is 0.115. The van der Waals surface area contributed by atoms with Gasteiger partial charge < -0.3 is 10.2 Å². The fourth-order valence-corrected chi connectivity index (χ4v) is 4.67. The van der Waals surface area contributed by atoms with Crippen molar-refractivity contribution in [3.63, 3.8) is 0 Å². The SMILES string of the molecule is CC1(c2ccc(C(=O)N3CCCCCC3/C=C/c3cccs3)cc2)NC(=O)NC1=O. The van der Waals surface area contributed by atoms with Crippen LogP contribution in [0.25, 0.3) is 6.08 Å². The second kappa shape index (κ2) is 8.44. The van der Waals surface area contributed by atoms with Crippen LogP contribution >= 0.6 is 11.3 Å². The summed E-state index contributed by atoms with van der Waals surface area (Å²) in [5.74, 6) is -0.396. The number of rotatable bonds is 4. The number of imide groups is 1. The second-order valence-electron chi connectivity index (χ2n) is 7.90. The molecule has 30 heavy (non-hydrogen) atoms. The zero-order chi connectivity index (χ0) is 21.1. The third-order valence-electron chi connectivity index (χ3n) is 5.84. The summed E-state index contributed by atoms with van der Waals surface area (Å²) in [4.78, 5) is 40.1. The maximum Gasteiger partial charge on any atom is 0.322 e. The smallest absolute Gasteiger partial charge is 0.322 e. The highest BCUT2D eigenvalue weighted by Crippen LogP contribution is 2.26. The number of nitrogens with zero attached hydrogens (tertiary/aromatic N) is 1. The van der Waals surface area contributed by atoms with Crippen molar-refractivity contribution < 1.29 is 14.4 Å². The number of likely N-dealkylation sites (tertiary alicyclic amines) is 1. The topological polar surface area (TPSA) is 78.5 Å². The van der Waals surface area contributed by atoms with Crippen molar-refractivity contribution in [2.75, 3.05) is 6.54 Å². The van der Waals surface area contributed by atoms with Gasteiger partial charge in [-0.3, -0.25) is 14.9 Å². The first kappa shape index (κ1) is 20.3. The van der Waals surface area contributed by atoms with Crippen LogP contribution < -0.4 is 10.6 Å². The first-order chi connectivity index (χ1) is 14.5. The van der Waals surface area contributed by atoms with Crippen LogP contribution in [0.3, 0.4) is 0 Å². The Bertz CT molecular complexity index is 968. The highest BCUT2D eigenvalue weighted by atomic mass is 32.1. The molecule has 0 bridgehead atoms. The summed E-state index contributed by atoms with van der Waals surface area (Å²) in [6, 6.07) is 10.6. The average Bonchev–Trinajstić information content (AvgIpc) is 3.27. The number of hydrogen-bond acceptors (Lipinski definition) is 4. The van der Waals surface area contributed by atoms with Crippen LogP contribution in [0.1, 0.15) is 53.4 Å². The minimum atomic E-state index is -1.12. The minimum absolute atomic E-state index is 0.00524. The van der Waals surface area contributed by atoms with Crippen molar-refractivity contribution in [2.24, 2.45) is 0 Å². The van der Waals surface area contributed by atoms with Crippen LogP contribution in [0.4, 0.5) is 4.79 Å². The van der Waals surface area contributed by atoms with E-state index in [0.29, 0.717) is 11.1 Å². The van der Waals surface area contributed by atoms with E-state index in [0.717, 1.165) is 32.2 Å². The Balaban J connectivity index is 1.54. The average molecular weight is 424 g/mol. The Hall–Kier alpha value is -2.93. The van der Waals surface area contributed by atoms with Crippen molar-refractivity contribution in [3.8, 4) is 0 Å². The lowest BCUT2D eigenvalue weighted by Crippen LogP contribution is -2.41. The molecule has 1 aromatic carbocycles. The lowest BCUT2D eigenvalue weighted by molar-refractivity contribution is -0.123. The van der Waals surface area contributed by atoms with Gasteiger partial charge in [0.25, 0.3) is 11.8 Å². The van der Waals surface area contributed by atoms with Crippen LogP contribution in [-0.4, -0.2) is 35.3 Å². The number of thiophene rings is 1. The Morgan fingerprint density at radius 1 is 1.17 bits per heavy atom. The fraction of sp³-hybridized carbons (Fsp3) is 0.348. The number of urea groups is 1. The molecule has 0 saturated carbocycles. The zero-order valence-electron chi connectivity index (χ0n) is 16.9. The Morgan fingerprint density at radius 3 is 2.63 bits per heavy atom. The van der Waals surface area contributed by atoms with E-state index in [1.165, 1.54) is 4.88 Å². The lowest BCUT2D eigenvalue weighted by atomic mass is 9.91. The molecule has 156 valence electrons. The van der Waals surface area contributed by atoms with Crippen LogP contribution in [0.2, 0.25) is 0 Å². The molecule has 3 heterocycles. The Morgan fingerprint density at radius 2 is 1.97 bits per heavy atom. The third kappa shape index (κ3) is 4.03. The van der Waals surface area contributed by atoms with Gasteiger partial charge in [0.15, 0.2) is 0 Å². The van der Waals surface area contributed by atoms with Crippen LogP contribution in [0.15, 0.2) is 47.9 Å². The molecule has 7 heteroatoms. The molecular formula is C23H25N3O3S. The van der Waals surface area contributed by atoms with E-state index in [2.05, 4.69) is 28.9 Å². The van der Waals surface area contributed by atoms with Gasteiger partial charge in [-0.25, -0.2) is 4.79 Å². The lowest BCUT2D eigenvalue weighted by Gasteiger charge is -2.28. The molecule has 2 atom stereocenters. The quantitative estimate of drug-likeness (QED) is 0.732.